The molecule has 1 aliphatic heterocycles. The summed E-state index contributed by atoms with van der Waals surface area (Å²) in [6.07, 6.45) is 5.46. The van der Waals surface area contributed by atoms with Crippen molar-refractivity contribution >= 4 is 39.6 Å². The van der Waals surface area contributed by atoms with E-state index in [2.05, 4.69) is 15.6 Å². The highest BCUT2D eigenvalue weighted by molar-refractivity contribution is 7.91. The minimum absolute atomic E-state index is 0.0892. The summed E-state index contributed by atoms with van der Waals surface area (Å²) in [7, 11) is 3.91. The molecule has 0 radical (unpaired) electrons. The fourth-order valence-electron chi connectivity index (χ4n) is 5.27. The summed E-state index contributed by atoms with van der Waals surface area (Å²) >= 11 is -1.11. The van der Waals surface area contributed by atoms with E-state index in [-0.39, 0.29) is 35.5 Å². The van der Waals surface area contributed by atoms with E-state index in [0.29, 0.717) is 22.7 Å². The van der Waals surface area contributed by atoms with Crippen molar-refractivity contribution in [2.45, 2.75) is 43.2 Å². The van der Waals surface area contributed by atoms with Gasteiger partial charge in [-0.15, -0.1) is 0 Å². The third-order valence-electron chi connectivity index (χ3n) is 7.99. The van der Waals surface area contributed by atoms with Crippen LogP contribution in [0.25, 0.3) is 11.0 Å². The molecule has 1 unspecified atom stereocenters. The molecule has 11 heteroatoms. The maximum absolute atomic E-state index is 13.7. The van der Waals surface area contributed by atoms with Crippen LogP contribution in [0, 0.1) is 5.92 Å². The van der Waals surface area contributed by atoms with Crippen molar-refractivity contribution in [2.24, 2.45) is 5.92 Å². The third-order valence-corrected chi connectivity index (χ3v) is 9.34. The third kappa shape index (κ3) is 7.29. The zero-order valence-corrected chi connectivity index (χ0v) is 25.9. The molecule has 6 rings (SSSR count). The molecule has 1 saturated carbocycles. The Kier molecular flexibility index (Phi) is 9.27. The number of benzene rings is 2. The van der Waals surface area contributed by atoms with Crippen molar-refractivity contribution in [1.82, 2.24) is 24.8 Å². The van der Waals surface area contributed by atoms with Gasteiger partial charge in [-0.3, -0.25) is 14.2 Å². The second kappa shape index (κ2) is 13.5. The monoisotopic (exact) mass is 614 g/mol. The number of nitrogens with one attached hydrogen (secondary N) is 2. The number of carbonyl (C=O) groups excluding carboxylic acids is 1. The first-order valence-corrected chi connectivity index (χ1v) is 16.5. The van der Waals surface area contributed by atoms with Crippen molar-refractivity contribution in [2.75, 3.05) is 44.8 Å². The van der Waals surface area contributed by atoms with Gasteiger partial charge in [-0.05, 0) is 112 Å². The highest BCUT2D eigenvalue weighted by Crippen LogP contribution is 2.32. The van der Waals surface area contributed by atoms with Crippen molar-refractivity contribution < 1.29 is 14.1 Å². The van der Waals surface area contributed by atoms with Crippen LogP contribution in [0.5, 0.6) is 5.75 Å². The van der Waals surface area contributed by atoms with Gasteiger partial charge in [-0.2, -0.15) is 4.98 Å². The lowest BCUT2D eigenvalue weighted by molar-refractivity contribution is 0.0966. The molecular weight excluding hydrogens is 576 g/mol. The summed E-state index contributed by atoms with van der Waals surface area (Å²) in [5.41, 5.74) is 1.88. The second-order valence-corrected chi connectivity index (χ2v) is 13.3. The largest absolute Gasteiger partial charge is 0.611 e. The number of hydrogen-bond donors (Lipinski definition) is 2. The van der Waals surface area contributed by atoms with Gasteiger partial charge in [0.15, 0.2) is 10.7 Å². The Morgan fingerprint density at radius 1 is 1.09 bits per heavy atom. The Bertz CT molecular complexity index is 1670. The zero-order chi connectivity index (χ0) is 30.6. The average Bonchev–Trinajstić information content (AvgIpc) is 3.89. The fraction of sp³-hybridized carbons (Fsp3) is 0.394. The molecule has 1 saturated heterocycles. The van der Waals surface area contributed by atoms with Gasteiger partial charge >= 0.3 is 0 Å². The average molecular weight is 615 g/mol. The summed E-state index contributed by atoms with van der Waals surface area (Å²) in [5, 5.41) is 7.20. The predicted molar refractivity (Wildman–Crippen MR) is 172 cm³/mol. The van der Waals surface area contributed by atoms with Crippen LogP contribution in [-0.2, 0) is 17.7 Å². The van der Waals surface area contributed by atoms with Crippen LogP contribution < -0.4 is 20.9 Å². The first kappa shape index (κ1) is 30.3. The highest BCUT2D eigenvalue weighted by Gasteiger charge is 2.33. The van der Waals surface area contributed by atoms with Crippen LogP contribution in [0.3, 0.4) is 0 Å². The van der Waals surface area contributed by atoms with Gasteiger partial charge in [0.2, 0.25) is 5.95 Å². The van der Waals surface area contributed by atoms with E-state index < -0.39 is 11.2 Å². The number of carbonyl (C=O) groups is 1. The van der Waals surface area contributed by atoms with E-state index in [4.69, 9.17) is 9.72 Å². The molecule has 2 aromatic heterocycles. The van der Waals surface area contributed by atoms with Gasteiger partial charge in [0.1, 0.15) is 23.3 Å². The molecule has 0 spiro atoms. The zero-order valence-electron chi connectivity index (χ0n) is 25.1. The van der Waals surface area contributed by atoms with E-state index in [1.54, 1.807) is 16.8 Å². The molecule has 2 aromatic carbocycles. The maximum Gasteiger partial charge on any atom is 0.263 e. The smallest absolute Gasteiger partial charge is 0.263 e. The topological polar surface area (TPSA) is 124 Å². The number of piperidine rings is 1. The number of ketones is 1. The molecule has 10 nitrogen and oxygen atoms in total. The summed E-state index contributed by atoms with van der Waals surface area (Å²) < 4.78 is 20.4. The molecule has 230 valence electrons. The van der Waals surface area contributed by atoms with E-state index in [9.17, 15) is 14.1 Å². The Morgan fingerprint density at radius 3 is 2.50 bits per heavy atom. The van der Waals surface area contributed by atoms with Gasteiger partial charge < -0.3 is 24.8 Å². The minimum atomic E-state index is -1.11. The lowest BCUT2D eigenvalue weighted by atomic mass is 10.1. The van der Waals surface area contributed by atoms with E-state index in [0.717, 1.165) is 67.2 Å². The fourth-order valence-corrected chi connectivity index (χ4v) is 6.48. The van der Waals surface area contributed by atoms with Gasteiger partial charge in [0.25, 0.3) is 5.56 Å². The van der Waals surface area contributed by atoms with Crippen molar-refractivity contribution in [3.63, 3.8) is 0 Å². The summed E-state index contributed by atoms with van der Waals surface area (Å²) in [5.74, 6) is 1.49. The Hall–Kier alpha value is -3.77. The molecule has 0 bridgehead atoms. The number of Topliss-reactive ketones (excluding diaryl/α,β-unsaturated/α-hetero) is 1. The van der Waals surface area contributed by atoms with Crippen LogP contribution >= 0.6 is 0 Å². The van der Waals surface area contributed by atoms with Crippen LogP contribution in [0.15, 0.2) is 70.5 Å². The standard InChI is InChI=1S/C33H38N6O4S/c1-38(2)17-18-44(42)28-11-3-22(4-12-28)21-39-31-24(19-29(32(39)41)30(40)23-5-6-23)20-35-33(37-31)36-25-7-9-26(10-8-25)43-27-13-15-34-16-14-27/h3-4,7-12,19-20,23,27,34H,5-6,13-18,21H2,1-2H3,(H,35,36,37). The summed E-state index contributed by atoms with van der Waals surface area (Å²) in [6, 6.07) is 16.7. The normalized spacial score (nSPS) is 16.3. The number of anilines is 2. The maximum atomic E-state index is 13.7. The second-order valence-electron chi connectivity index (χ2n) is 11.8. The SMILES string of the molecule is CN(C)CC[S+]([O-])c1ccc(Cn2c(=O)c(C(=O)C3CC3)cc3cnc(Nc4ccc(OC5CCNCC5)cc4)nc32)cc1. The number of ether oxygens (including phenoxy) is 1. The Morgan fingerprint density at radius 2 is 1.82 bits per heavy atom. The van der Waals surface area contributed by atoms with Crippen molar-refractivity contribution in [1.29, 1.82) is 0 Å². The van der Waals surface area contributed by atoms with Gasteiger partial charge in [-0.25, -0.2) is 4.98 Å². The van der Waals surface area contributed by atoms with E-state index >= 15 is 0 Å². The molecule has 3 heterocycles. The highest BCUT2D eigenvalue weighted by atomic mass is 32.2. The van der Waals surface area contributed by atoms with Gasteiger partial charge in [0.05, 0.1) is 12.1 Å². The van der Waals surface area contributed by atoms with Crippen LogP contribution in [0.2, 0.25) is 0 Å². The number of pyridine rings is 1. The predicted octanol–water partition coefficient (Wildman–Crippen LogP) is 3.98. The molecule has 44 heavy (non-hydrogen) atoms. The molecule has 2 fully saturated rings. The van der Waals surface area contributed by atoms with Crippen LogP contribution in [-0.4, -0.2) is 75.4 Å². The molecule has 1 aliphatic carbocycles. The van der Waals surface area contributed by atoms with E-state index in [1.807, 2.05) is 67.5 Å². The number of hydrogen-bond acceptors (Lipinski definition) is 9. The molecule has 4 aromatic rings. The minimum Gasteiger partial charge on any atom is -0.611 e. The number of nitrogens with zero attached hydrogens (tertiary/aromatic N) is 4. The first-order chi connectivity index (χ1) is 21.3. The Balaban J connectivity index is 1.26. The number of rotatable bonds is 12. The number of aromatic nitrogens is 3. The quantitative estimate of drug-likeness (QED) is 0.180. The van der Waals surface area contributed by atoms with Crippen molar-refractivity contribution in [3.05, 3.63) is 82.3 Å². The first-order valence-electron chi connectivity index (χ1n) is 15.2. The van der Waals surface area contributed by atoms with E-state index in [1.165, 1.54) is 0 Å². The van der Waals surface area contributed by atoms with Crippen LogP contribution in [0.1, 0.15) is 41.6 Å². The van der Waals surface area contributed by atoms with Gasteiger partial charge in [0, 0.05) is 29.7 Å². The molecular formula is C33H38N6O4S. The van der Waals surface area contributed by atoms with Gasteiger partial charge in [-0.1, -0.05) is 12.1 Å². The van der Waals surface area contributed by atoms with Crippen molar-refractivity contribution in [3.8, 4) is 5.75 Å². The lowest BCUT2D eigenvalue weighted by Gasteiger charge is -2.23. The summed E-state index contributed by atoms with van der Waals surface area (Å²) in [4.78, 5) is 38.8. The number of fused-ring (bicyclic) bond motifs is 1. The van der Waals surface area contributed by atoms with Crippen LogP contribution in [0.4, 0.5) is 11.6 Å². The Labute approximate surface area is 260 Å². The molecule has 0 amide bonds. The lowest BCUT2D eigenvalue weighted by Crippen LogP contribution is -2.34. The molecule has 2 aliphatic rings. The molecule has 2 N–H and O–H groups in total. The molecule has 1 atom stereocenters. The summed E-state index contributed by atoms with van der Waals surface area (Å²) in [6.45, 7) is 2.87.